The van der Waals surface area contributed by atoms with Gasteiger partial charge in [-0.25, -0.2) is 0 Å². The molecular weight excluding hydrogens is 254 g/mol. The van der Waals surface area contributed by atoms with Gasteiger partial charge < -0.3 is 0 Å². The molecule has 0 saturated carbocycles. The van der Waals surface area contributed by atoms with Gasteiger partial charge in [0, 0.05) is 11.3 Å². The van der Waals surface area contributed by atoms with Gasteiger partial charge in [-0.1, -0.05) is 42.0 Å². The SMILES string of the molecule is Cc1cccc(-c2n[nH]c(=S)n2-c2ccccc2)c1. The van der Waals surface area contributed by atoms with Gasteiger partial charge in [0.25, 0.3) is 0 Å². The van der Waals surface area contributed by atoms with Gasteiger partial charge in [-0.2, -0.15) is 5.10 Å². The van der Waals surface area contributed by atoms with E-state index in [2.05, 4.69) is 29.3 Å². The Morgan fingerprint density at radius 2 is 1.84 bits per heavy atom. The highest BCUT2D eigenvalue weighted by molar-refractivity contribution is 7.71. The fourth-order valence-electron chi connectivity index (χ4n) is 2.09. The van der Waals surface area contributed by atoms with E-state index in [4.69, 9.17) is 12.2 Å². The lowest BCUT2D eigenvalue weighted by Crippen LogP contribution is -1.97. The number of hydrogen-bond donors (Lipinski definition) is 1. The van der Waals surface area contributed by atoms with Gasteiger partial charge >= 0.3 is 0 Å². The number of aromatic amines is 1. The lowest BCUT2D eigenvalue weighted by Gasteiger charge is -2.07. The Kier molecular flexibility index (Phi) is 3.01. The van der Waals surface area contributed by atoms with Crippen molar-refractivity contribution in [2.75, 3.05) is 0 Å². The monoisotopic (exact) mass is 267 g/mol. The summed E-state index contributed by atoms with van der Waals surface area (Å²) in [7, 11) is 0. The molecule has 2 aromatic carbocycles. The Balaban J connectivity index is 2.22. The molecule has 0 atom stereocenters. The summed E-state index contributed by atoms with van der Waals surface area (Å²) in [6.45, 7) is 2.07. The predicted molar refractivity (Wildman–Crippen MR) is 78.9 cm³/mol. The molecule has 1 aromatic heterocycles. The Morgan fingerprint density at radius 3 is 2.58 bits per heavy atom. The molecule has 0 fully saturated rings. The van der Waals surface area contributed by atoms with Crippen molar-refractivity contribution < 1.29 is 0 Å². The molecular formula is C15H13N3S. The third kappa shape index (κ3) is 2.22. The fraction of sp³-hybridized carbons (Fsp3) is 0.0667. The minimum atomic E-state index is 0.600. The van der Waals surface area contributed by atoms with Gasteiger partial charge in [0.05, 0.1) is 0 Å². The van der Waals surface area contributed by atoms with E-state index in [0.717, 1.165) is 17.1 Å². The molecule has 0 aliphatic rings. The average molecular weight is 267 g/mol. The Hall–Kier alpha value is -2.20. The average Bonchev–Trinajstić information content (AvgIpc) is 2.82. The fourth-order valence-corrected chi connectivity index (χ4v) is 2.33. The second kappa shape index (κ2) is 4.82. The maximum absolute atomic E-state index is 5.33. The van der Waals surface area contributed by atoms with E-state index in [1.54, 1.807) is 0 Å². The highest BCUT2D eigenvalue weighted by Crippen LogP contribution is 2.21. The van der Waals surface area contributed by atoms with Crippen LogP contribution in [0.15, 0.2) is 54.6 Å². The molecule has 0 bridgehead atoms. The largest absolute Gasteiger partial charge is 0.268 e. The van der Waals surface area contributed by atoms with Crippen LogP contribution < -0.4 is 0 Å². The third-order valence-corrected chi connectivity index (χ3v) is 3.24. The molecule has 0 radical (unpaired) electrons. The molecule has 3 rings (SSSR count). The summed E-state index contributed by atoms with van der Waals surface area (Å²) in [5, 5.41) is 7.22. The number of aryl methyl sites for hydroxylation is 1. The van der Waals surface area contributed by atoms with Crippen molar-refractivity contribution in [3.8, 4) is 17.1 Å². The van der Waals surface area contributed by atoms with Gasteiger partial charge in [0.15, 0.2) is 10.6 Å². The number of nitrogens with one attached hydrogen (secondary N) is 1. The number of para-hydroxylation sites is 1. The standard InChI is InChI=1S/C15H13N3S/c1-11-6-5-7-12(10-11)14-16-17-15(19)18(14)13-8-3-2-4-9-13/h2-10H,1H3,(H,17,19). The minimum Gasteiger partial charge on any atom is -0.268 e. The minimum absolute atomic E-state index is 0.600. The summed E-state index contributed by atoms with van der Waals surface area (Å²) in [6, 6.07) is 18.2. The number of hydrogen-bond acceptors (Lipinski definition) is 2. The lowest BCUT2D eigenvalue weighted by molar-refractivity contribution is 1.04. The normalized spacial score (nSPS) is 10.6. The van der Waals surface area contributed by atoms with Crippen LogP contribution in [0.4, 0.5) is 0 Å². The second-order valence-electron chi connectivity index (χ2n) is 4.39. The first-order valence-electron chi connectivity index (χ1n) is 6.05. The summed E-state index contributed by atoms with van der Waals surface area (Å²) < 4.78 is 2.55. The molecule has 0 amide bonds. The van der Waals surface area contributed by atoms with E-state index >= 15 is 0 Å². The number of aromatic nitrogens is 3. The number of nitrogens with zero attached hydrogens (tertiary/aromatic N) is 2. The van der Waals surface area contributed by atoms with Crippen molar-refractivity contribution >= 4 is 12.2 Å². The second-order valence-corrected chi connectivity index (χ2v) is 4.78. The zero-order valence-corrected chi connectivity index (χ0v) is 11.3. The molecule has 0 aliphatic heterocycles. The summed E-state index contributed by atoms with van der Waals surface area (Å²) >= 11 is 5.33. The van der Waals surface area contributed by atoms with Crippen molar-refractivity contribution in [2.24, 2.45) is 0 Å². The quantitative estimate of drug-likeness (QED) is 0.714. The van der Waals surface area contributed by atoms with Crippen molar-refractivity contribution in [2.45, 2.75) is 6.92 Å². The third-order valence-electron chi connectivity index (χ3n) is 2.96. The van der Waals surface area contributed by atoms with E-state index in [-0.39, 0.29) is 0 Å². The molecule has 0 saturated heterocycles. The first kappa shape index (κ1) is 11.9. The van der Waals surface area contributed by atoms with Gasteiger partial charge in [-0.3, -0.25) is 9.67 Å². The molecule has 0 spiro atoms. The van der Waals surface area contributed by atoms with E-state index in [1.165, 1.54) is 5.56 Å². The van der Waals surface area contributed by atoms with Crippen LogP contribution in [0.1, 0.15) is 5.56 Å². The summed E-state index contributed by atoms with van der Waals surface area (Å²) in [5.74, 6) is 0.833. The Bertz CT molecular complexity index is 756. The Morgan fingerprint density at radius 1 is 1.05 bits per heavy atom. The highest BCUT2D eigenvalue weighted by atomic mass is 32.1. The molecule has 19 heavy (non-hydrogen) atoms. The van der Waals surface area contributed by atoms with Crippen LogP contribution in [-0.2, 0) is 0 Å². The topological polar surface area (TPSA) is 33.6 Å². The van der Waals surface area contributed by atoms with E-state index in [1.807, 2.05) is 47.0 Å². The Labute approximate surface area is 116 Å². The van der Waals surface area contributed by atoms with Gasteiger partial charge in [0.1, 0.15) is 0 Å². The van der Waals surface area contributed by atoms with Crippen molar-refractivity contribution in [3.63, 3.8) is 0 Å². The predicted octanol–water partition coefficient (Wildman–Crippen LogP) is 3.91. The lowest BCUT2D eigenvalue weighted by atomic mass is 10.1. The number of H-pyrrole nitrogens is 1. The maximum Gasteiger partial charge on any atom is 0.200 e. The van der Waals surface area contributed by atoms with Crippen molar-refractivity contribution in [1.29, 1.82) is 0 Å². The first-order valence-corrected chi connectivity index (χ1v) is 6.46. The van der Waals surface area contributed by atoms with E-state index in [9.17, 15) is 0 Å². The molecule has 3 nitrogen and oxygen atoms in total. The molecule has 1 heterocycles. The molecule has 94 valence electrons. The highest BCUT2D eigenvalue weighted by Gasteiger charge is 2.10. The number of benzene rings is 2. The van der Waals surface area contributed by atoms with E-state index < -0.39 is 0 Å². The van der Waals surface area contributed by atoms with Crippen molar-refractivity contribution in [1.82, 2.24) is 14.8 Å². The summed E-state index contributed by atoms with van der Waals surface area (Å²) in [6.07, 6.45) is 0. The smallest absolute Gasteiger partial charge is 0.200 e. The van der Waals surface area contributed by atoms with Crippen LogP contribution in [0.25, 0.3) is 17.1 Å². The van der Waals surface area contributed by atoms with Gasteiger partial charge in [-0.15, -0.1) is 0 Å². The molecule has 0 unspecified atom stereocenters. The summed E-state index contributed by atoms with van der Waals surface area (Å²) in [4.78, 5) is 0. The van der Waals surface area contributed by atoms with Crippen LogP contribution in [0, 0.1) is 11.7 Å². The zero-order chi connectivity index (χ0) is 13.2. The molecule has 1 N–H and O–H groups in total. The van der Waals surface area contributed by atoms with Crippen LogP contribution in [0.2, 0.25) is 0 Å². The molecule has 0 aliphatic carbocycles. The number of rotatable bonds is 2. The van der Waals surface area contributed by atoms with Crippen LogP contribution in [-0.4, -0.2) is 14.8 Å². The van der Waals surface area contributed by atoms with Crippen LogP contribution in [0.3, 0.4) is 0 Å². The van der Waals surface area contributed by atoms with E-state index in [0.29, 0.717) is 4.77 Å². The van der Waals surface area contributed by atoms with Crippen LogP contribution in [0.5, 0.6) is 0 Å². The first-order chi connectivity index (χ1) is 9.25. The zero-order valence-electron chi connectivity index (χ0n) is 10.5. The molecule has 3 aromatic rings. The van der Waals surface area contributed by atoms with Crippen LogP contribution >= 0.6 is 12.2 Å². The van der Waals surface area contributed by atoms with Crippen molar-refractivity contribution in [3.05, 3.63) is 64.9 Å². The maximum atomic E-state index is 5.33. The molecule has 4 heteroatoms. The van der Waals surface area contributed by atoms with Gasteiger partial charge in [0.2, 0.25) is 0 Å². The summed E-state index contributed by atoms with van der Waals surface area (Å²) in [5.41, 5.74) is 3.26. The van der Waals surface area contributed by atoms with Gasteiger partial charge in [-0.05, 0) is 37.3 Å².